The Labute approximate surface area is 177 Å². The number of allylic oxidation sites excluding steroid dienone is 2. The maximum absolute atomic E-state index is 10.3. The number of hydrogen-bond acceptors (Lipinski definition) is 2. The molecule has 0 bridgehead atoms. The van der Waals surface area contributed by atoms with Gasteiger partial charge in [-0.3, -0.25) is 4.57 Å². The number of rotatable bonds is 17. The van der Waals surface area contributed by atoms with Crippen LogP contribution in [-0.4, -0.2) is 11.5 Å². The first-order valence-electron chi connectivity index (χ1n) is 9.28. The van der Waals surface area contributed by atoms with Crippen LogP contribution in [0.25, 0.3) is 0 Å². The van der Waals surface area contributed by atoms with Crippen molar-refractivity contribution in [3.8, 4) is 0 Å². The quantitative estimate of drug-likeness (QED) is 0.150. The third-order valence-corrected chi connectivity index (χ3v) is 4.33. The molecule has 0 aliphatic carbocycles. The molecule has 3 nitrogen and oxygen atoms in total. The van der Waals surface area contributed by atoms with E-state index >= 15 is 0 Å². The van der Waals surface area contributed by atoms with Gasteiger partial charge >= 0.3 is 8.25 Å². The van der Waals surface area contributed by atoms with E-state index in [-0.39, 0.29) is 40.8 Å². The van der Waals surface area contributed by atoms with Crippen LogP contribution in [0, 0.1) is 40.8 Å². The van der Waals surface area contributed by atoms with Crippen molar-refractivity contribution in [1.29, 1.82) is 0 Å². The van der Waals surface area contributed by atoms with E-state index in [1.807, 2.05) is 0 Å². The zero-order valence-corrected chi connectivity index (χ0v) is 19.2. The summed E-state index contributed by atoms with van der Waals surface area (Å²) < 4.78 is 15.0. The van der Waals surface area contributed by atoms with Crippen LogP contribution in [0.5, 0.6) is 0 Å². The summed E-state index contributed by atoms with van der Waals surface area (Å²) in [7, 11) is -2.71. The molecule has 5 heteroatoms. The van der Waals surface area contributed by atoms with Crippen molar-refractivity contribution < 1.29 is 54.8 Å². The second-order valence-corrected chi connectivity index (χ2v) is 6.87. The standard InChI is InChI=1S/C18H37O3P.Nd/c1-2-3-4-5-6-7-8-9-10-11-12-13-14-15-16-17-18-21-22(19)20;/h9-10,22H,2-8,11-18H2,1H3,(H,19,20);/b10-9-;. The van der Waals surface area contributed by atoms with Gasteiger partial charge in [0.1, 0.15) is 0 Å². The van der Waals surface area contributed by atoms with Gasteiger partial charge in [-0.2, -0.15) is 0 Å². The monoisotopic (exact) mass is 474 g/mol. The molecule has 1 atom stereocenters. The van der Waals surface area contributed by atoms with E-state index in [0.29, 0.717) is 6.61 Å². The first-order chi connectivity index (χ1) is 10.8. The molecule has 1 N–H and O–H groups in total. The Balaban J connectivity index is 0. The van der Waals surface area contributed by atoms with E-state index in [1.165, 1.54) is 77.0 Å². The molecule has 0 amide bonds. The summed E-state index contributed by atoms with van der Waals surface area (Å²) in [6, 6.07) is 0. The molecule has 136 valence electrons. The van der Waals surface area contributed by atoms with E-state index in [9.17, 15) is 4.57 Å². The fourth-order valence-electron chi connectivity index (χ4n) is 2.51. The number of unbranched alkanes of at least 4 members (excludes halogenated alkanes) is 12. The van der Waals surface area contributed by atoms with E-state index < -0.39 is 8.25 Å². The maximum Gasteiger partial charge on any atom is 0.316 e. The average molecular weight is 477 g/mol. The Bertz CT molecular complexity index is 273. The molecule has 0 spiro atoms. The Hall–Kier alpha value is 1.24. The third-order valence-electron chi connectivity index (χ3n) is 3.88. The van der Waals surface area contributed by atoms with Crippen LogP contribution >= 0.6 is 8.25 Å². The molecular formula is C18H37NdO3P. The molecule has 0 aliphatic rings. The van der Waals surface area contributed by atoms with Gasteiger partial charge in [0.2, 0.25) is 0 Å². The summed E-state index contributed by atoms with van der Waals surface area (Å²) >= 11 is 0. The molecule has 0 saturated heterocycles. The molecule has 0 rings (SSSR count). The fraction of sp³-hybridized carbons (Fsp3) is 0.889. The minimum Gasteiger partial charge on any atom is -0.326 e. The summed E-state index contributed by atoms with van der Waals surface area (Å²) in [5.74, 6) is 0. The normalized spacial score (nSPS) is 12.4. The van der Waals surface area contributed by atoms with Crippen LogP contribution in [0.4, 0.5) is 0 Å². The van der Waals surface area contributed by atoms with E-state index in [0.717, 1.165) is 12.8 Å². The van der Waals surface area contributed by atoms with Crippen molar-refractivity contribution in [1.82, 2.24) is 0 Å². The summed E-state index contributed by atoms with van der Waals surface area (Å²) in [5.41, 5.74) is 0. The first-order valence-corrected chi connectivity index (χ1v) is 10.5. The first kappa shape index (κ1) is 26.5. The van der Waals surface area contributed by atoms with Gasteiger partial charge in [0, 0.05) is 40.8 Å². The van der Waals surface area contributed by atoms with E-state index in [4.69, 9.17) is 4.89 Å². The van der Waals surface area contributed by atoms with E-state index in [2.05, 4.69) is 23.6 Å². The van der Waals surface area contributed by atoms with Gasteiger partial charge in [0.15, 0.2) is 0 Å². The van der Waals surface area contributed by atoms with Crippen LogP contribution in [0.3, 0.4) is 0 Å². The smallest absolute Gasteiger partial charge is 0.316 e. The number of hydrogen-bond donors (Lipinski definition) is 1. The van der Waals surface area contributed by atoms with Crippen LogP contribution < -0.4 is 0 Å². The third kappa shape index (κ3) is 25.6. The molecule has 0 heterocycles. The summed E-state index contributed by atoms with van der Waals surface area (Å²) in [4.78, 5) is 8.50. The predicted octanol–water partition coefficient (Wildman–Crippen LogP) is 6.42. The Morgan fingerprint density at radius 3 is 1.70 bits per heavy atom. The van der Waals surface area contributed by atoms with Crippen molar-refractivity contribution in [2.75, 3.05) is 6.61 Å². The van der Waals surface area contributed by atoms with Crippen molar-refractivity contribution >= 4 is 8.25 Å². The predicted molar refractivity (Wildman–Crippen MR) is 96.6 cm³/mol. The molecule has 0 aromatic heterocycles. The molecule has 0 aromatic rings. The second-order valence-electron chi connectivity index (χ2n) is 6.05. The maximum atomic E-state index is 10.3. The summed E-state index contributed by atoms with van der Waals surface area (Å²) in [6.07, 6.45) is 22.5. The van der Waals surface area contributed by atoms with Crippen LogP contribution in [0.2, 0.25) is 0 Å². The topological polar surface area (TPSA) is 46.5 Å². The Kier molecular flexibility index (Phi) is 26.7. The largest absolute Gasteiger partial charge is 0.326 e. The SMILES string of the molecule is CCCCCCCC/C=C\CCCCCCCCO[PH](=O)O.[Nd]. The van der Waals surface area contributed by atoms with Gasteiger partial charge in [-0.25, -0.2) is 0 Å². The Morgan fingerprint density at radius 2 is 1.22 bits per heavy atom. The second kappa shape index (κ2) is 23.2. The minimum atomic E-state index is -2.71. The summed E-state index contributed by atoms with van der Waals surface area (Å²) in [6.45, 7) is 2.69. The van der Waals surface area contributed by atoms with Crippen molar-refractivity contribution in [2.45, 2.75) is 96.8 Å². The molecule has 0 aromatic carbocycles. The molecule has 23 heavy (non-hydrogen) atoms. The molecular weight excluding hydrogens is 439 g/mol. The molecule has 1 unspecified atom stereocenters. The van der Waals surface area contributed by atoms with Gasteiger partial charge in [-0.1, -0.05) is 76.9 Å². The molecule has 0 saturated carbocycles. The molecule has 0 radical (unpaired) electrons. The van der Waals surface area contributed by atoms with E-state index in [1.54, 1.807) is 0 Å². The van der Waals surface area contributed by atoms with Crippen LogP contribution in [0.15, 0.2) is 12.2 Å². The van der Waals surface area contributed by atoms with Gasteiger partial charge in [0.05, 0.1) is 6.61 Å². The zero-order valence-electron chi connectivity index (χ0n) is 15.0. The van der Waals surface area contributed by atoms with Crippen molar-refractivity contribution in [2.24, 2.45) is 0 Å². The van der Waals surface area contributed by atoms with Crippen molar-refractivity contribution in [3.63, 3.8) is 0 Å². The van der Waals surface area contributed by atoms with Gasteiger partial charge in [-0.15, -0.1) is 0 Å². The van der Waals surface area contributed by atoms with Gasteiger partial charge < -0.3 is 9.42 Å². The zero-order chi connectivity index (χ0) is 16.3. The van der Waals surface area contributed by atoms with Gasteiger partial charge in [0.25, 0.3) is 0 Å². The minimum absolute atomic E-state index is 0. The average Bonchev–Trinajstić information content (AvgIpc) is 2.50. The fourth-order valence-corrected chi connectivity index (χ4v) is 2.83. The van der Waals surface area contributed by atoms with Crippen LogP contribution in [0.1, 0.15) is 96.8 Å². The van der Waals surface area contributed by atoms with Crippen LogP contribution in [-0.2, 0) is 9.09 Å². The van der Waals surface area contributed by atoms with Crippen molar-refractivity contribution in [3.05, 3.63) is 12.2 Å². The molecule has 0 fully saturated rings. The Morgan fingerprint density at radius 1 is 0.783 bits per heavy atom. The summed E-state index contributed by atoms with van der Waals surface area (Å²) in [5, 5.41) is 0. The van der Waals surface area contributed by atoms with Gasteiger partial charge in [-0.05, 0) is 32.1 Å². The molecule has 0 aliphatic heterocycles.